The van der Waals surface area contributed by atoms with Crippen molar-refractivity contribution in [2.75, 3.05) is 12.4 Å². The maximum atomic E-state index is 13.4. The number of rotatable bonds is 6. The van der Waals surface area contributed by atoms with Gasteiger partial charge in [-0.3, -0.25) is 0 Å². The Hall–Kier alpha value is -0.870. The van der Waals surface area contributed by atoms with E-state index < -0.39 is 0 Å². The molecule has 4 heteroatoms. The van der Waals surface area contributed by atoms with Gasteiger partial charge in [-0.2, -0.15) is 0 Å². The molecule has 21 heavy (non-hydrogen) atoms. The Bertz CT molecular complexity index is 601. The first-order valence-corrected chi connectivity index (χ1v) is 8.66. The first-order valence-electron chi connectivity index (χ1n) is 6.75. The highest BCUT2D eigenvalue weighted by molar-refractivity contribution is 9.10. The van der Waals surface area contributed by atoms with Crippen LogP contribution in [0.25, 0.3) is 0 Å². The summed E-state index contributed by atoms with van der Waals surface area (Å²) in [6.07, 6.45) is 1.74. The average molecular weight is 416 g/mol. The molecule has 0 radical (unpaired) electrons. The zero-order chi connectivity index (χ0) is 15.2. The Balaban J connectivity index is 2.10. The first-order chi connectivity index (χ1) is 10.1. The van der Waals surface area contributed by atoms with E-state index in [1.54, 1.807) is 19.2 Å². The summed E-state index contributed by atoms with van der Waals surface area (Å²) in [4.78, 5) is 0. The fourth-order valence-corrected chi connectivity index (χ4v) is 3.19. The Kier molecular flexibility index (Phi) is 6.24. The van der Waals surface area contributed by atoms with Gasteiger partial charge >= 0.3 is 0 Å². The first kappa shape index (κ1) is 16.5. The second-order valence-electron chi connectivity index (χ2n) is 5.02. The lowest BCUT2D eigenvalue weighted by Crippen LogP contribution is -2.10. The van der Waals surface area contributed by atoms with Crippen molar-refractivity contribution in [3.63, 3.8) is 0 Å². The maximum absolute atomic E-state index is 13.4. The summed E-state index contributed by atoms with van der Waals surface area (Å²) in [5.41, 5.74) is 2.23. The molecule has 0 aromatic heterocycles. The van der Waals surface area contributed by atoms with Gasteiger partial charge in [0.1, 0.15) is 11.6 Å². The number of methoxy groups -OCH3 is 1. The molecule has 0 N–H and O–H groups in total. The van der Waals surface area contributed by atoms with Crippen molar-refractivity contribution >= 4 is 31.9 Å². The third kappa shape index (κ3) is 4.82. The molecule has 0 saturated heterocycles. The largest absolute Gasteiger partial charge is 0.497 e. The van der Waals surface area contributed by atoms with E-state index in [2.05, 4.69) is 44.0 Å². The molecule has 0 fully saturated rings. The molecule has 0 aliphatic rings. The molecule has 1 atom stereocenters. The summed E-state index contributed by atoms with van der Waals surface area (Å²) in [6, 6.07) is 12.9. The minimum atomic E-state index is -0.192. The summed E-state index contributed by atoms with van der Waals surface area (Å²) in [6.45, 7) is 0. The molecule has 0 aliphatic carbocycles. The summed E-state index contributed by atoms with van der Waals surface area (Å²) >= 11 is 7.06. The van der Waals surface area contributed by atoms with Gasteiger partial charge in [0.15, 0.2) is 0 Å². The molecular formula is C17H17Br2FO. The third-order valence-corrected chi connectivity index (χ3v) is 5.08. The summed E-state index contributed by atoms with van der Waals surface area (Å²) in [5, 5.41) is 0.868. The van der Waals surface area contributed by atoms with Crippen molar-refractivity contribution < 1.29 is 9.13 Å². The molecule has 0 bridgehead atoms. The van der Waals surface area contributed by atoms with Crippen LogP contribution in [0.2, 0.25) is 0 Å². The molecule has 0 amide bonds. The Labute approximate surface area is 141 Å². The number of halogens is 3. The second-order valence-corrected chi connectivity index (χ2v) is 6.52. The smallest absolute Gasteiger partial charge is 0.123 e. The predicted molar refractivity (Wildman–Crippen MR) is 91.8 cm³/mol. The molecular weight excluding hydrogens is 399 g/mol. The van der Waals surface area contributed by atoms with Crippen molar-refractivity contribution in [1.82, 2.24) is 0 Å². The molecule has 0 heterocycles. The predicted octanol–water partition coefficient (Wildman–Crippen LogP) is 5.39. The van der Waals surface area contributed by atoms with Gasteiger partial charge in [-0.05, 0) is 60.2 Å². The van der Waals surface area contributed by atoms with E-state index in [1.807, 2.05) is 12.1 Å². The Morgan fingerprint density at radius 3 is 2.67 bits per heavy atom. The monoisotopic (exact) mass is 414 g/mol. The second kappa shape index (κ2) is 7.95. The Morgan fingerprint density at radius 2 is 1.95 bits per heavy atom. The molecule has 112 valence electrons. The van der Waals surface area contributed by atoms with Crippen LogP contribution in [0.15, 0.2) is 46.9 Å². The molecule has 0 aliphatic heterocycles. The highest BCUT2D eigenvalue weighted by Crippen LogP contribution is 2.25. The van der Waals surface area contributed by atoms with E-state index in [4.69, 9.17) is 4.74 Å². The van der Waals surface area contributed by atoms with Crippen molar-refractivity contribution in [2.45, 2.75) is 12.8 Å². The van der Waals surface area contributed by atoms with Crippen LogP contribution in [0.1, 0.15) is 11.1 Å². The van der Waals surface area contributed by atoms with E-state index in [0.29, 0.717) is 5.92 Å². The zero-order valence-corrected chi connectivity index (χ0v) is 15.0. The van der Waals surface area contributed by atoms with Crippen LogP contribution in [-0.2, 0) is 12.8 Å². The van der Waals surface area contributed by atoms with E-state index in [1.165, 1.54) is 11.6 Å². The maximum Gasteiger partial charge on any atom is 0.123 e. The minimum absolute atomic E-state index is 0.192. The van der Waals surface area contributed by atoms with Gasteiger partial charge in [0.05, 0.1) is 7.11 Å². The SMILES string of the molecule is COc1cccc(CC(CBr)Cc2cc(F)ccc2Br)c1. The van der Waals surface area contributed by atoms with Crippen molar-refractivity contribution in [3.8, 4) is 5.75 Å². The van der Waals surface area contributed by atoms with E-state index in [0.717, 1.165) is 34.0 Å². The molecule has 0 spiro atoms. The lowest BCUT2D eigenvalue weighted by Gasteiger charge is -2.16. The van der Waals surface area contributed by atoms with E-state index in [9.17, 15) is 4.39 Å². The fraction of sp³-hybridized carbons (Fsp3) is 0.294. The minimum Gasteiger partial charge on any atom is -0.497 e. The fourth-order valence-electron chi connectivity index (χ4n) is 2.32. The molecule has 2 rings (SSSR count). The number of hydrogen-bond acceptors (Lipinski definition) is 1. The van der Waals surface area contributed by atoms with Crippen molar-refractivity contribution in [1.29, 1.82) is 0 Å². The number of alkyl halides is 1. The molecule has 2 aromatic rings. The number of benzene rings is 2. The van der Waals surface area contributed by atoms with Crippen LogP contribution in [0.4, 0.5) is 4.39 Å². The molecule has 1 nitrogen and oxygen atoms in total. The standard InChI is InChI=1S/C17H17Br2FO/c1-21-16-4-2-3-12(9-16)7-13(11-18)8-14-10-15(20)5-6-17(14)19/h2-6,9-10,13H,7-8,11H2,1H3. The molecule has 2 aromatic carbocycles. The van der Waals surface area contributed by atoms with Gasteiger partial charge < -0.3 is 4.74 Å². The highest BCUT2D eigenvalue weighted by Gasteiger charge is 2.13. The third-order valence-electron chi connectivity index (χ3n) is 3.39. The van der Waals surface area contributed by atoms with Gasteiger partial charge in [0.2, 0.25) is 0 Å². The number of ether oxygens (including phenoxy) is 1. The lowest BCUT2D eigenvalue weighted by atomic mass is 9.94. The van der Waals surface area contributed by atoms with Crippen molar-refractivity contribution in [3.05, 3.63) is 63.9 Å². The summed E-state index contributed by atoms with van der Waals surface area (Å²) in [7, 11) is 1.67. The summed E-state index contributed by atoms with van der Waals surface area (Å²) < 4.78 is 19.6. The van der Waals surface area contributed by atoms with Gasteiger partial charge in [0, 0.05) is 9.80 Å². The normalized spacial score (nSPS) is 12.2. The van der Waals surface area contributed by atoms with E-state index >= 15 is 0 Å². The zero-order valence-electron chi connectivity index (χ0n) is 11.8. The highest BCUT2D eigenvalue weighted by atomic mass is 79.9. The Morgan fingerprint density at radius 1 is 1.14 bits per heavy atom. The number of hydrogen-bond donors (Lipinski definition) is 0. The van der Waals surface area contributed by atoms with Gasteiger partial charge in [-0.15, -0.1) is 0 Å². The van der Waals surface area contributed by atoms with Crippen LogP contribution in [-0.4, -0.2) is 12.4 Å². The van der Waals surface area contributed by atoms with Crippen LogP contribution in [0.3, 0.4) is 0 Å². The van der Waals surface area contributed by atoms with E-state index in [-0.39, 0.29) is 5.82 Å². The lowest BCUT2D eigenvalue weighted by molar-refractivity contribution is 0.414. The summed E-state index contributed by atoms with van der Waals surface area (Å²) in [5.74, 6) is 1.07. The van der Waals surface area contributed by atoms with Gasteiger partial charge in [-0.1, -0.05) is 44.0 Å². The van der Waals surface area contributed by atoms with Crippen molar-refractivity contribution in [2.24, 2.45) is 5.92 Å². The van der Waals surface area contributed by atoms with Crippen LogP contribution in [0.5, 0.6) is 5.75 Å². The molecule has 1 unspecified atom stereocenters. The van der Waals surface area contributed by atoms with Gasteiger partial charge in [0.25, 0.3) is 0 Å². The average Bonchev–Trinajstić information content (AvgIpc) is 2.50. The molecule has 0 saturated carbocycles. The quantitative estimate of drug-likeness (QED) is 0.574. The van der Waals surface area contributed by atoms with Crippen LogP contribution >= 0.6 is 31.9 Å². The van der Waals surface area contributed by atoms with Crippen LogP contribution in [0, 0.1) is 11.7 Å². The topological polar surface area (TPSA) is 9.23 Å². The van der Waals surface area contributed by atoms with Gasteiger partial charge in [-0.25, -0.2) is 4.39 Å². The van der Waals surface area contributed by atoms with Crippen LogP contribution < -0.4 is 4.74 Å².